The van der Waals surface area contributed by atoms with Crippen LogP contribution in [-0.2, 0) is 14.4 Å². The molecule has 2 heterocycles. The molecule has 1 saturated heterocycles. The van der Waals surface area contributed by atoms with E-state index in [9.17, 15) is 14.4 Å². The number of thiocarbonyl (C=S) groups is 1. The Balaban J connectivity index is 1.23. The molecule has 0 spiro atoms. The summed E-state index contributed by atoms with van der Waals surface area (Å²) in [7, 11) is 0. The number of aromatic amines is 1. The number of hydrogen-bond donors (Lipinski definition) is 3. The Hall–Kier alpha value is -3.41. The molecule has 3 aromatic rings. The minimum atomic E-state index is -0.556. The summed E-state index contributed by atoms with van der Waals surface area (Å²) >= 11 is 7.58. The van der Waals surface area contributed by atoms with Gasteiger partial charge in [0.25, 0.3) is 11.8 Å². The van der Waals surface area contributed by atoms with Gasteiger partial charge in [0.05, 0.1) is 21.7 Å². The van der Waals surface area contributed by atoms with E-state index in [0.29, 0.717) is 10.1 Å². The SMILES string of the molecule is O=C(CSc1nc2ccccc2[nH]1)NNC(=O)CN1C(=O)C(=CC=Cc2ccccc2)SC1=S. The van der Waals surface area contributed by atoms with Crippen molar-refractivity contribution in [2.24, 2.45) is 0 Å². The van der Waals surface area contributed by atoms with Gasteiger partial charge in [-0.3, -0.25) is 30.1 Å². The molecular weight excluding hydrogens is 490 g/mol. The van der Waals surface area contributed by atoms with Crippen molar-refractivity contribution in [2.75, 3.05) is 12.3 Å². The summed E-state index contributed by atoms with van der Waals surface area (Å²) in [4.78, 5) is 46.0. The van der Waals surface area contributed by atoms with Crippen molar-refractivity contribution in [1.82, 2.24) is 25.7 Å². The van der Waals surface area contributed by atoms with Crippen LogP contribution in [0, 0.1) is 0 Å². The lowest BCUT2D eigenvalue weighted by atomic mass is 10.2. The van der Waals surface area contributed by atoms with Crippen molar-refractivity contribution in [2.45, 2.75) is 5.16 Å². The van der Waals surface area contributed by atoms with Crippen molar-refractivity contribution in [3.8, 4) is 0 Å². The highest BCUT2D eigenvalue weighted by atomic mass is 32.2. The molecule has 11 heteroatoms. The fourth-order valence-corrected chi connectivity index (χ4v) is 4.84. The van der Waals surface area contributed by atoms with Crippen molar-refractivity contribution in [3.05, 3.63) is 77.2 Å². The number of rotatable bonds is 7. The summed E-state index contributed by atoms with van der Waals surface area (Å²) in [5.74, 6) is -1.26. The normalized spacial score (nSPS) is 14.9. The standard InChI is InChI=1S/C23H19N5O3S3/c29-19(26-27-20(30)14-33-22-24-16-10-4-5-11-17(16)25-22)13-28-21(31)18(34-23(28)32)12-6-9-15-7-2-1-3-8-15/h1-12H,13-14H2,(H,24,25)(H,26,29)(H,27,30). The van der Waals surface area contributed by atoms with Crippen LogP contribution in [0.1, 0.15) is 5.56 Å². The highest BCUT2D eigenvalue weighted by molar-refractivity contribution is 8.26. The van der Waals surface area contributed by atoms with Crippen LogP contribution >= 0.6 is 35.7 Å². The average Bonchev–Trinajstić information content (AvgIpc) is 3.38. The van der Waals surface area contributed by atoms with Crippen LogP contribution in [0.2, 0.25) is 0 Å². The number of nitrogens with one attached hydrogen (secondary N) is 3. The van der Waals surface area contributed by atoms with Gasteiger partial charge in [-0.25, -0.2) is 4.98 Å². The van der Waals surface area contributed by atoms with Crippen LogP contribution in [0.4, 0.5) is 0 Å². The summed E-state index contributed by atoms with van der Waals surface area (Å²) < 4.78 is 0.284. The molecule has 0 saturated carbocycles. The number of H-pyrrole nitrogens is 1. The molecule has 1 aromatic heterocycles. The Morgan fingerprint density at radius 1 is 1.09 bits per heavy atom. The molecule has 0 aliphatic carbocycles. The topological polar surface area (TPSA) is 107 Å². The van der Waals surface area contributed by atoms with Crippen molar-refractivity contribution >= 4 is 74.9 Å². The summed E-state index contributed by atoms with van der Waals surface area (Å²) in [5, 5.41) is 0.605. The number of amides is 3. The lowest BCUT2D eigenvalue weighted by Crippen LogP contribution is -2.47. The van der Waals surface area contributed by atoms with Crippen LogP contribution in [0.3, 0.4) is 0 Å². The number of fused-ring (bicyclic) bond motifs is 1. The molecule has 0 bridgehead atoms. The van der Waals surface area contributed by atoms with Crippen LogP contribution in [0.25, 0.3) is 17.1 Å². The van der Waals surface area contributed by atoms with Gasteiger partial charge in [0.2, 0.25) is 5.91 Å². The summed E-state index contributed by atoms with van der Waals surface area (Å²) in [5.41, 5.74) is 7.35. The second-order valence-electron chi connectivity index (χ2n) is 7.00. The van der Waals surface area contributed by atoms with Gasteiger partial charge in [0, 0.05) is 0 Å². The number of allylic oxidation sites excluding steroid dienone is 2. The minimum absolute atomic E-state index is 0.0532. The van der Waals surface area contributed by atoms with E-state index in [1.165, 1.54) is 16.7 Å². The molecule has 1 aliphatic rings. The molecular formula is C23H19N5O3S3. The van der Waals surface area contributed by atoms with E-state index in [1.54, 1.807) is 12.2 Å². The first-order valence-electron chi connectivity index (χ1n) is 10.1. The molecule has 4 rings (SSSR count). The number of carbonyl (C=O) groups excluding carboxylic acids is 3. The van der Waals surface area contributed by atoms with E-state index in [-0.39, 0.29) is 22.5 Å². The lowest BCUT2D eigenvalue weighted by molar-refractivity contribution is -0.131. The molecule has 2 aromatic carbocycles. The predicted molar refractivity (Wildman–Crippen MR) is 139 cm³/mol. The van der Waals surface area contributed by atoms with Crippen molar-refractivity contribution < 1.29 is 14.4 Å². The monoisotopic (exact) mass is 509 g/mol. The molecule has 3 amide bonds. The Morgan fingerprint density at radius 3 is 2.62 bits per heavy atom. The summed E-state index contributed by atoms with van der Waals surface area (Å²) in [6.07, 6.45) is 5.31. The zero-order chi connectivity index (χ0) is 23.9. The molecule has 8 nitrogen and oxygen atoms in total. The number of carbonyl (C=O) groups is 3. The van der Waals surface area contributed by atoms with E-state index in [1.807, 2.05) is 60.7 Å². The maximum absolute atomic E-state index is 12.6. The smallest absolute Gasteiger partial charge is 0.266 e. The van der Waals surface area contributed by atoms with E-state index in [2.05, 4.69) is 20.8 Å². The maximum Gasteiger partial charge on any atom is 0.266 e. The van der Waals surface area contributed by atoms with Gasteiger partial charge in [-0.05, 0) is 23.8 Å². The number of benzene rings is 2. The molecule has 1 fully saturated rings. The highest BCUT2D eigenvalue weighted by Gasteiger charge is 2.33. The fraction of sp³-hybridized carbons (Fsp3) is 0.0870. The minimum Gasteiger partial charge on any atom is -0.333 e. The first-order valence-corrected chi connectivity index (χ1v) is 12.3. The van der Waals surface area contributed by atoms with Gasteiger partial charge in [-0.2, -0.15) is 0 Å². The van der Waals surface area contributed by atoms with Gasteiger partial charge in [0.15, 0.2) is 5.16 Å². The lowest BCUT2D eigenvalue weighted by Gasteiger charge is -2.14. The molecule has 0 unspecified atom stereocenters. The first-order chi connectivity index (χ1) is 16.5. The molecule has 0 radical (unpaired) electrons. The molecule has 172 valence electrons. The van der Waals surface area contributed by atoms with Crippen LogP contribution in [0.15, 0.2) is 76.8 Å². The number of hydrazine groups is 1. The maximum atomic E-state index is 12.6. The Morgan fingerprint density at radius 2 is 1.82 bits per heavy atom. The molecule has 3 N–H and O–H groups in total. The average molecular weight is 510 g/mol. The summed E-state index contributed by atoms with van der Waals surface area (Å²) in [6, 6.07) is 17.2. The third-order valence-electron chi connectivity index (χ3n) is 4.56. The van der Waals surface area contributed by atoms with Gasteiger partial charge in [-0.15, -0.1) is 0 Å². The Labute approximate surface area is 209 Å². The van der Waals surface area contributed by atoms with E-state index >= 15 is 0 Å². The third kappa shape index (κ3) is 6.13. The van der Waals surface area contributed by atoms with E-state index in [4.69, 9.17) is 12.2 Å². The van der Waals surface area contributed by atoms with Gasteiger partial charge in [-0.1, -0.05) is 90.4 Å². The number of thioether (sulfide) groups is 2. The predicted octanol–water partition coefficient (Wildman–Crippen LogP) is 3.26. The van der Waals surface area contributed by atoms with Crippen LogP contribution in [0.5, 0.6) is 0 Å². The van der Waals surface area contributed by atoms with Crippen LogP contribution < -0.4 is 10.9 Å². The largest absolute Gasteiger partial charge is 0.333 e. The Bertz CT molecular complexity index is 1270. The number of imidazole rings is 1. The Kier molecular flexibility index (Phi) is 7.78. The summed E-state index contributed by atoms with van der Waals surface area (Å²) in [6.45, 7) is -0.290. The highest BCUT2D eigenvalue weighted by Crippen LogP contribution is 2.30. The van der Waals surface area contributed by atoms with E-state index < -0.39 is 11.8 Å². The second-order valence-corrected chi connectivity index (χ2v) is 9.64. The quantitative estimate of drug-likeness (QED) is 0.194. The zero-order valence-electron chi connectivity index (χ0n) is 17.7. The number of nitrogens with zero attached hydrogens (tertiary/aromatic N) is 2. The van der Waals surface area contributed by atoms with Crippen LogP contribution in [-0.4, -0.2) is 49.2 Å². The molecule has 0 atom stereocenters. The number of aromatic nitrogens is 2. The fourth-order valence-electron chi connectivity index (χ4n) is 2.95. The number of hydrogen-bond acceptors (Lipinski definition) is 7. The number of para-hydroxylation sites is 2. The second kappa shape index (κ2) is 11.1. The molecule has 1 aliphatic heterocycles. The van der Waals surface area contributed by atoms with Gasteiger partial charge < -0.3 is 4.98 Å². The third-order valence-corrected chi connectivity index (χ3v) is 6.83. The van der Waals surface area contributed by atoms with E-state index in [0.717, 1.165) is 28.4 Å². The van der Waals surface area contributed by atoms with Gasteiger partial charge >= 0.3 is 0 Å². The molecule has 34 heavy (non-hydrogen) atoms. The van der Waals surface area contributed by atoms with Crippen molar-refractivity contribution in [1.29, 1.82) is 0 Å². The van der Waals surface area contributed by atoms with Crippen molar-refractivity contribution in [3.63, 3.8) is 0 Å². The zero-order valence-corrected chi connectivity index (χ0v) is 20.1. The van der Waals surface area contributed by atoms with Gasteiger partial charge in [0.1, 0.15) is 10.9 Å². The first kappa shape index (κ1) is 23.7.